The molecule has 0 amide bonds. The fourth-order valence-corrected chi connectivity index (χ4v) is 2.77. The molecule has 1 heterocycles. The van der Waals surface area contributed by atoms with Gasteiger partial charge in [-0.05, 0) is 49.7 Å². The van der Waals surface area contributed by atoms with Crippen LogP contribution in [0.5, 0.6) is 0 Å². The number of carbonyl (C=O) groups is 1. The van der Waals surface area contributed by atoms with Crippen LogP contribution in [0.25, 0.3) is 0 Å². The van der Waals surface area contributed by atoms with Gasteiger partial charge in [0.25, 0.3) is 0 Å². The molecule has 104 valence electrons. The Morgan fingerprint density at radius 1 is 1.32 bits per heavy atom. The summed E-state index contributed by atoms with van der Waals surface area (Å²) in [5, 5.41) is 0. The van der Waals surface area contributed by atoms with Gasteiger partial charge in [-0.1, -0.05) is 19.9 Å². The molecule has 2 rings (SSSR count). The van der Waals surface area contributed by atoms with Crippen LogP contribution in [0.4, 0.5) is 0 Å². The van der Waals surface area contributed by atoms with E-state index in [-0.39, 0.29) is 11.9 Å². The molecule has 1 aliphatic carbocycles. The fourth-order valence-electron chi connectivity index (χ4n) is 2.77. The largest absolute Gasteiger partial charge is 0.459 e. The standard InChI is InChI=1S/C16H23NO2/c1-12(2)13-6-8-14(9-7-13)16(18)19-11-15-5-3-4-10-17-15/h3-5,10,12-14H,6-9,11H2,1-2H3. The Morgan fingerprint density at radius 3 is 2.63 bits per heavy atom. The summed E-state index contributed by atoms with van der Waals surface area (Å²) in [6.07, 6.45) is 5.98. The molecule has 1 aliphatic rings. The molecule has 3 nitrogen and oxygen atoms in total. The van der Waals surface area contributed by atoms with E-state index in [0.717, 1.165) is 43.2 Å². The van der Waals surface area contributed by atoms with Crippen molar-refractivity contribution >= 4 is 5.97 Å². The third-order valence-corrected chi connectivity index (χ3v) is 4.14. The highest BCUT2D eigenvalue weighted by Gasteiger charge is 2.28. The third kappa shape index (κ3) is 4.05. The van der Waals surface area contributed by atoms with Gasteiger partial charge in [-0.25, -0.2) is 0 Å². The lowest BCUT2D eigenvalue weighted by molar-refractivity contribution is -0.151. The van der Waals surface area contributed by atoms with E-state index in [9.17, 15) is 4.79 Å². The van der Waals surface area contributed by atoms with E-state index < -0.39 is 0 Å². The van der Waals surface area contributed by atoms with Gasteiger partial charge in [-0.15, -0.1) is 0 Å². The van der Waals surface area contributed by atoms with Crippen molar-refractivity contribution < 1.29 is 9.53 Å². The van der Waals surface area contributed by atoms with Gasteiger partial charge in [0.15, 0.2) is 0 Å². The Kier molecular flexibility index (Phi) is 4.94. The third-order valence-electron chi connectivity index (χ3n) is 4.14. The van der Waals surface area contributed by atoms with Crippen LogP contribution < -0.4 is 0 Å². The topological polar surface area (TPSA) is 39.2 Å². The Labute approximate surface area is 115 Å². The van der Waals surface area contributed by atoms with Crippen LogP contribution in [0.15, 0.2) is 24.4 Å². The molecule has 0 saturated heterocycles. The lowest BCUT2D eigenvalue weighted by Gasteiger charge is -2.29. The first-order valence-corrected chi connectivity index (χ1v) is 7.23. The van der Waals surface area contributed by atoms with Crippen LogP contribution in [-0.4, -0.2) is 11.0 Å². The summed E-state index contributed by atoms with van der Waals surface area (Å²) >= 11 is 0. The molecule has 0 unspecified atom stereocenters. The highest BCUT2D eigenvalue weighted by atomic mass is 16.5. The molecular weight excluding hydrogens is 238 g/mol. The molecule has 0 spiro atoms. The molecule has 0 aromatic carbocycles. The summed E-state index contributed by atoms with van der Waals surface area (Å²) in [6.45, 7) is 4.83. The minimum absolute atomic E-state index is 0.0483. The van der Waals surface area contributed by atoms with Crippen molar-refractivity contribution in [3.63, 3.8) is 0 Å². The summed E-state index contributed by atoms with van der Waals surface area (Å²) in [5.74, 6) is 1.55. The monoisotopic (exact) mass is 261 g/mol. The van der Waals surface area contributed by atoms with Crippen LogP contribution >= 0.6 is 0 Å². The summed E-state index contributed by atoms with van der Waals surface area (Å²) < 4.78 is 5.36. The van der Waals surface area contributed by atoms with E-state index in [1.807, 2.05) is 18.2 Å². The molecule has 0 atom stereocenters. The number of rotatable bonds is 4. The van der Waals surface area contributed by atoms with E-state index in [4.69, 9.17) is 4.74 Å². The molecule has 1 aromatic rings. The summed E-state index contributed by atoms with van der Waals surface area (Å²) in [6, 6.07) is 5.64. The minimum atomic E-state index is -0.0483. The first-order valence-electron chi connectivity index (χ1n) is 7.23. The average molecular weight is 261 g/mol. The first-order chi connectivity index (χ1) is 9.16. The summed E-state index contributed by atoms with van der Waals surface area (Å²) in [5.41, 5.74) is 0.812. The van der Waals surface area contributed by atoms with Gasteiger partial charge in [0.2, 0.25) is 0 Å². The number of esters is 1. The Balaban J connectivity index is 1.76. The number of hydrogen-bond acceptors (Lipinski definition) is 3. The summed E-state index contributed by atoms with van der Waals surface area (Å²) in [4.78, 5) is 16.2. The van der Waals surface area contributed by atoms with Crippen LogP contribution in [0.1, 0.15) is 45.2 Å². The van der Waals surface area contributed by atoms with Crippen molar-refractivity contribution in [2.75, 3.05) is 0 Å². The molecule has 0 radical (unpaired) electrons. The average Bonchev–Trinajstić information content (AvgIpc) is 2.46. The maximum Gasteiger partial charge on any atom is 0.309 e. The Bertz CT molecular complexity index is 394. The Hall–Kier alpha value is -1.38. The van der Waals surface area contributed by atoms with Crippen LogP contribution in [0.2, 0.25) is 0 Å². The normalized spacial score (nSPS) is 23.3. The molecule has 3 heteroatoms. The number of pyridine rings is 1. The molecular formula is C16H23NO2. The van der Waals surface area contributed by atoms with Crippen molar-refractivity contribution in [3.8, 4) is 0 Å². The van der Waals surface area contributed by atoms with Crippen LogP contribution in [0, 0.1) is 17.8 Å². The SMILES string of the molecule is CC(C)C1CCC(C(=O)OCc2ccccn2)CC1. The predicted molar refractivity (Wildman–Crippen MR) is 74.3 cm³/mol. The Morgan fingerprint density at radius 2 is 2.05 bits per heavy atom. The second-order valence-corrected chi connectivity index (χ2v) is 5.78. The zero-order valence-corrected chi connectivity index (χ0v) is 11.8. The maximum absolute atomic E-state index is 12.0. The predicted octanol–water partition coefficient (Wildman–Crippen LogP) is 3.59. The van der Waals surface area contributed by atoms with Gasteiger partial charge in [-0.3, -0.25) is 9.78 Å². The second-order valence-electron chi connectivity index (χ2n) is 5.78. The van der Waals surface area contributed by atoms with Crippen LogP contribution in [-0.2, 0) is 16.1 Å². The van der Waals surface area contributed by atoms with E-state index in [0.29, 0.717) is 6.61 Å². The molecule has 1 aromatic heterocycles. The van der Waals surface area contributed by atoms with Gasteiger partial charge in [0.05, 0.1) is 11.6 Å². The van der Waals surface area contributed by atoms with E-state index in [1.54, 1.807) is 6.20 Å². The lowest BCUT2D eigenvalue weighted by atomic mass is 9.77. The smallest absolute Gasteiger partial charge is 0.309 e. The van der Waals surface area contributed by atoms with Crippen molar-refractivity contribution in [2.24, 2.45) is 17.8 Å². The zero-order valence-electron chi connectivity index (χ0n) is 11.8. The molecule has 0 N–H and O–H groups in total. The van der Waals surface area contributed by atoms with Gasteiger partial charge in [-0.2, -0.15) is 0 Å². The van der Waals surface area contributed by atoms with Gasteiger partial charge in [0, 0.05) is 6.20 Å². The molecule has 1 fully saturated rings. The number of ether oxygens (including phenoxy) is 1. The molecule has 1 saturated carbocycles. The number of hydrogen-bond donors (Lipinski definition) is 0. The van der Waals surface area contributed by atoms with Gasteiger partial charge < -0.3 is 4.74 Å². The first kappa shape index (κ1) is 14.0. The van der Waals surface area contributed by atoms with Crippen LogP contribution in [0.3, 0.4) is 0 Å². The van der Waals surface area contributed by atoms with Crippen molar-refractivity contribution in [1.29, 1.82) is 0 Å². The number of aromatic nitrogens is 1. The quantitative estimate of drug-likeness (QED) is 0.778. The molecule has 0 bridgehead atoms. The molecule has 19 heavy (non-hydrogen) atoms. The number of carbonyl (C=O) groups excluding carboxylic acids is 1. The summed E-state index contributed by atoms with van der Waals surface area (Å²) in [7, 11) is 0. The lowest BCUT2D eigenvalue weighted by Crippen LogP contribution is -2.25. The van der Waals surface area contributed by atoms with Crippen molar-refractivity contribution in [3.05, 3.63) is 30.1 Å². The number of nitrogens with zero attached hydrogens (tertiary/aromatic N) is 1. The van der Waals surface area contributed by atoms with E-state index >= 15 is 0 Å². The van der Waals surface area contributed by atoms with Gasteiger partial charge in [0.1, 0.15) is 6.61 Å². The van der Waals surface area contributed by atoms with Crippen molar-refractivity contribution in [2.45, 2.75) is 46.1 Å². The fraction of sp³-hybridized carbons (Fsp3) is 0.625. The minimum Gasteiger partial charge on any atom is -0.459 e. The highest BCUT2D eigenvalue weighted by molar-refractivity contribution is 5.72. The van der Waals surface area contributed by atoms with Gasteiger partial charge >= 0.3 is 5.97 Å². The highest BCUT2D eigenvalue weighted by Crippen LogP contribution is 2.33. The molecule has 0 aliphatic heterocycles. The van der Waals surface area contributed by atoms with Crippen molar-refractivity contribution in [1.82, 2.24) is 4.98 Å². The second kappa shape index (κ2) is 6.69. The van der Waals surface area contributed by atoms with E-state index in [2.05, 4.69) is 18.8 Å². The maximum atomic E-state index is 12.0. The zero-order chi connectivity index (χ0) is 13.7. The van der Waals surface area contributed by atoms with E-state index in [1.165, 1.54) is 0 Å².